The minimum Gasteiger partial charge on any atom is -0.338 e. The number of hydrogen-bond acceptors (Lipinski definition) is 2. The lowest BCUT2D eigenvalue weighted by Crippen LogP contribution is -2.29. The Hall–Kier alpha value is -1.82. The summed E-state index contributed by atoms with van der Waals surface area (Å²) in [5.74, 6) is 0.260. The van der Waals surface area contributed by atoms with E-state index in [1.165, 1.54) is 0 Å². The van der Waals surface area contributed by atoms with Crippen molar-refractivity contribution in [1.29, 1.82) is 5.26 Å². The van der Waals surface area contributed by atoms with Crippen LogP contribution in [0.2, 0.25) is 0 Å². The van der Waals surface area contributed by atoms with Crippen LogP contribution in [0.25, 0.3) is 0 Å². The van der Waals surface area contributed by atoms with Crippen LogP contribution in [0.15, 0.2) is 18.2 Å². The third-order valence-electron chi connectivity index (χ3n) is 3.50. The Morgan fingerprint density at radius 3 is 2.89 bits per heavy atom. The number of nitriles is 1. The molecule has 0 aliphatic carbocycles. The number of benzene rings is 1. The molecule has 0 atom stereocenters. The number of carbonyl (C=O) groups excluding carboxylic acids is 1. The van der Waals surface area contributed by atoms with Crippen LogP contribution in [0.3, 0.4) is 0 Å². The van der Waals surface area contributed by atoms with E-state index >= 15 is 0 Å². The van der Waals surface area contributed by atoms with Gasteiger partial charge in [-0.2, -0.15) is 5.26 Å². The maximum absolute atomic E-state index is 11.9. The van der Waals surface area contributed by atoms with E-state index < -0.39 is 0 Å². The molecule has 1 saturated heterocycles. The van der Waals surface area contributed by atoms with E-state index in [0.29, 0.717) is 18.5 Å². The molecule has 1 heterocycles. The number of amides is 1. The second-order valence-electron chi connectivity index (χ2n) is 4.88. The summed E-state index contributed by atoms with van der Waals surface area (Å²) < 4.78 is 0. The van der Waals surface area contributed by atoms with Gasteiger partial charge in [0.15, 0.2) is 0 Å². The Balaban J connectivity index is 2.13. The fourth-order valence-corrected chi connectivity index (χ4v) is 2.35. The van der Waals surface area contributed by atoms with Crippen molar-refractivity contribution in [3.8, 4) is 6.07 Å². The average Bonchev–Trinajstić information content (AvgIpc) is 2.57. The van der Waals surface area contributed by atoms with Crippen molar-refractivity contribution in [2.24, 2.45) is 0 Å². The van der Waals surface area contributed by atoms with E-state index in [0.717, 1.165) is 36.9 Å². The van der Waals surface area contributed by atoms with Crippen molar-refractivity contribution >= 4 is 5.91 Å². The highest BCUT2D eigenvalue weighted by molar-refractivity contribution is 5.76. The lowest BCUT2D eigenvalue weighted by molar-refractivity contribution is -0.131. The molecule has 2 rings (SSSR count). The highest BCUT2D eigenvalue weighted by Crippen LogP contribution is 2.17. The lowest BCUT2D eigenvalue weighted by atomic mass is 10.1. The molecule has 18 heavy (non-hydrogen) atoms. The predicted octanol–water partition coefficient (Wildman–Crippen LogP) is 2.77. The van der Waals surface area contributed by atoms with E-state index in [9.17, 15) is 4.79 Å². The van der Waals surface area contributed by atoms with Crippen LogP contribution in [0.1, 0.15) is 42.4 Å². The van der Waals surface area contributed by atoms with Crippen LogP contribution in [0.5, 0.6) is 0 Å². The molecule has 3 heteroatoms. The molecule has 1 aromatic carbocycles. The van der Waals surface area contributed by atoms with Crippen molar-refractivity contribution in [1.82, 2.24) is 4.90 Å². The smallest absolute Gasteiger partial charge is 0.222 e. The van der Waals surface area contributed by atoms with Gasteiger partial charge in [-0.15, -0.1) is 0 Å². The summed E-state index contributed by atoms with van der Waals surface area (Å²) in [4.78, 5) is 13.9. The molecule has 1 aliphatic heterocycles. The highest BCUT2D eigenvalue weighted by Gasteiger charge is 2.17. The fraction of sp³-hybridized carbons (Fsp3) is 0.467. The Morgan fingerprint density at radius 2 is 2.17 bits per heavy atom. The van der Waals surface area contributed by atoms with Crippen LogP contribution in [-0.2, 0) is 11.3 Å². The Labute approximate surface area is 108 Å². The zero-order valence-corrected chi connectivity index (χ0v) is 10.8. The topological polar surface area (TPSA) is 44.1 Å². The van der Waals surface area contributed by atoms with Crippen molar-refractivity contribution in [2.45, 2.75) is 39.2 Å². The van der Waals surface area contributed by atoms with Crippen molar-refractivity contribution in [3.05, 3.63) is 34.9 Å². The van der Waals surface area contributed by atoms with Gasteiger partial charge < -0.3 is 4.90 Å². The Kier molecular flexibility index (Phi) is 3.99. The van der Waals surface area contributed by atoms with Crippen molar-refractivity contribution < 1.29 is 4.79 Å². The summed E-state index contributed by atoms with van der Waals surface area (Å²) in [5.41, 5.74) is 2.91. The van der Waals surface area contributed by atoms with Gasteiger partial charge in [-0.25, -0.2) is 0 Å². The zero-order valence-electron chi connectivity index (χ0n) is 10.8. The summed E-state index contributed by atoms with van der Waals surface area (Å²) in [6, 6.07) is 7.81. The molecule has 0 saturated carbocycles. The number of hydrogen-bond donors (Lipinski definition) is 0. The van der Waals surface area contributed by atoms with Gasteiger partial charge >= 0.3 is 0 Å². The molecule has 1 aliphatic rings. The third kappa shape index (κ3) is 2.89. The second-order valence-corrected chi connectivity index (χ2v) is 4.88. The largest absolute Gasteiger partial charge is 0.338 e. The van der Waals surface area contributed by atoms with Crippen LogP contribution in [0.4, 0.5) is 0 Å². The molecule has 0 aromatic heterocycles. The maximum Gasteiger partial charge on any atom is 0.222 e. The van der Waals surface area contributed by atoms with E-state index in [1.54, 1.807) is 0 Å². The van der Waals surface area contributed by atoms with Gasteiger partial charge in [0, 0.05) is 19.5 Å². The van der Waals surface area contributed by atoms with E-state index in [1.807, 2.05) is 30.0 Å². The summed E-state index contributed by atoms with van der Waals surface area (Å²) in [7, 11) is 0. The standard InChI is InChI=1S/C15H18N2O/c1-12-9-13(10-16)6-7-14(12)11-17-8-4-2-3-5-15(17)18/h6-7,9H,2-5,8,11H2,1H3. The molecule has 0 unspecified atom stereocenters. The van der Waals surface area contributed by atoms with Gasteiger partial charge in [0.25, 0.3) is 0 Å². The van der Waals surface area contributed by atoms with Crippen LogP contribution >= 0.6 is 0 Å². The van der Waals surface area contributed by atoms with Gasteiger partial charge in [0.05, 0.1) is 11.6 Å². The molecule has 0 N–H and O–H groups in total. The number of aryl methyl sites for hydroxylation is 1. The molecular formula is C15H18N2O. The molecule has 0 radical (unpaired) electrons. The molecule has 1 amide bonds. The van der Waals surface area contributed by atoms with E-state index in [2.05, 4.69) is 6.07 Å². The van der Waals surface area contributed by atoms with Crippen LogP contribution in [0, 0.1) is 18.3 Å². The van der Waals surface area contributed by atoms with Gasteiger partial charge in [0.1, 0.15) is 0 Å². The molecule has 3 nitrogen and oxygen atoms in total. The molecule has 1 fully saturated rings. The van der Waals surface area contributed by atoms with Crippen molar-refractivity contribution in [2.75, 3.05) is 6.54 Å². The number of likely N-dealkylation sites (tertiary alicyclic amines) is 1. The van der Waals surface area contributed by atoms with Crippen LogP contribution < -0.4 is 0 Å². The zero-order chi connectivity index (χ0) is 13.0. The number of rotatable bonds is 2. The normalized spacial score (nSPS) is 16.2. The fourth-order valence-electron chi connectivity index (χ4n) is 2.35. The van der Waals surface area contributed by atoms with Gasteiger partial charge in [-0.1, -0.05) is 12.5 Å². The van der Waals surface area contributed by atoms with Crippen LogP contribution in [-0.4, -0.2) is 17.4 Å². The van der Waals surface area contributed by atoms with Gasteiger partial charge in [0.2, 0.25) is 5.91 Å². The summed E-state index contributed by atoms with van der Waals surface area (Å²) in [6.45, 7) is 3.53. The Bertz CT molecular complexity index is 488. The average molecular weight is 242 g/mol. The first-order valence-corrected chi connectivity index (χ1v) is 6.48. The first-order valence-electron chi connectivity index (χ1n) is 6.48. The maximum atomic E-state index is 11.9. The number of carbonyl (C=O) groups is 1. The minimum absolute atomic E-state index is 0.260. The monoisotopic (exact) mass is 242 g/mol. The van der Waals surface area contributed by atoms with Crippen molar-refractivity contribution in [3.63, 3.8) is 0 Å². The Morgan fingerprint density at radius 1 is 1.33 bits per heavy atom. The predicted molar refractivity (Wildman–Crippen MR) is 69.8 cm³/mol. The molecule has 94 valence electrons. The van der Waals surface area contributed by atoms with Gasteiger partial charge in [-0.05, 0) is 43.0 Å². The van der Waals surface area contributed by atoms with E-state index in [-0.39, 0.29) is 5.91 Å². The summed E-state index contributed by atoms with van der Waals surface area (Å²) >= 11 is 0. The van der Waals surface area contributed by atoms with Gasteiger partial charge in [-0.3, -0.25) is 4.79 Å². The SMILES string of the molecule is Cc1cc(C#N)ccc1CN1CCCCCC1=O. The molecule has 0 spiro atoms. The number of nitrogens with zero attached hydrogens (tertiary/aromatic N) is 2. The lowest BCUT2D eigenvalue weighted by Gasteiger charge is -2.21. The third-order valence-corrected chi connectivity index (χ3v) is 3.50. The van der Waals surface area contributed by atoms with E-state index in [4.69, 9.17) is 5.26 Å². The summed E-state index contributed by atoms with van der Waals surface area (Å²) in [5, 5.41) is 8.84. The molecule has 0 bridgehead atoms. The quantitative estimate of drug-likeness (QED) is 0.800. The summed E-state index contributed by atoms with van der Waals surface area (Å²) in [6.07, 6.45) is 3.94. The molecular weight excluding hydrogens is 224 g/mol. The highest BCUT2D eigenvalue weighted by atomic mass is 16.2. The minimum atomic E-state index is 0.260. The molecule has 1 aromatic rings. The first-order chi connectivity index (χ1) is 8.70. The first kappa shape index (κ1) is 12.6. The second kappa shape index (κ2) is 5.68.